The maximum Gasteiger partial charge on any atom is 0.329 e. The van der Waals surface area contributed by atoms with E-state index in [0.717, 1.165) is 21.7 Å². The second kappa shape index (κ2) is 10.9. The number of allylic oxidation sites excluding steroid dienone is 2. The molecular weight excluding hydrogens is 490 g/mol. The van der Waals surface area contributed by atoms with Crippen LogP contribution in [-0.4, -0.2) is 46.0 Å². The normalized spacial score (nSPS) is 17.1. The van der Waals surface area contributed by atoms with E-state index in [0.29, 0.717) is 24.6 Å². The van der Waals surface area contributed by atoms with Gasteiger partial charge in [-0.15, -0.1) is 0 Å². The van der Waals surface area contributed by atoms with Crippen molar-refractivity contribution in [2.75, 3.05) is 13.1 Å². The van der Waals surface area contributed by atoms with Crippen molar-refractivity contribution in [3.63, 3.8) is 0 Å². The highest BCUT2D eigenvalue weighted by Gasteiger charge is 2.32. The van der Waals surface area contributed by atoms with Crippen LogP contribution < -0.4 is 16.4 Å². The Labute approximate surface area is 216 Å². The molecule has 0 unspecified atom stereocenters. The molecule has 1 aliphatic rings. The predicted octanol–water partition coefficient (Wildman–Crippen LogP) is 2.85. The molecule has 0 amide bonds. The summed E-state index contributed by atoms with van der Waals surface area (Å²) >= 11 is 0. The zero-order valence-electron chi connectivity index (χ0n) is 21.4. The second-order valence-corrected chi connectivity index (χ2v) is 11.3. The topological polar surface area (TPSA) is 102 Å². The van der Waals surface area contributed by atoms with Crippen LogP contribution in [0.25, 0.3) is 22.4 Å². The van der Waals surface area contributed by atoms with Crippen molar-refractivity contribution in [2.45, 2.75) is 57.5 Å². The molecule has 196 valence electrons. The summed E-state index contributed by atoms with van der Waals surface area (Å²) in [5.74, 6) is -1.09. The number of imidazole rings is 1. The lowest BCUT2D eigenvalue weighted by Gasteiger charge is -2.32. The number of fused-ring (bicyclic) bond motifs is 1. The van der Waals surface area contributed by atoms with E-state index in [-0.39, 0.29) is 29.7 Å². The lowest BCUT2D eigenvalue weighted by Crippen LogP contribution is -2.44. The van der Waals surface area contributed by atoms with Gasteiger partial charge in [-0.25, -0.2) is 13.2 Å². The minimum atomic E-state index is -3.69. The summed E-state index contributed by atoms with van der Waals surface area (Å²) in [4.78, 5) is 25.4. The van der Waals surface area contributed by atoms with E-state index < -0.39 is 22.5 Å². The van der Waals surface area contributed by atoms with Gasteiger partial charge in [-0.1, -0.05) is 49.4 Å². The monoisotopic (exact) mass is 523 g/mol. The van der Waals surface area contributed by atoms with Gasteiger partial charge in [-0.2, -0.15) is 4.31 Å². The molecular formula is C28H33N3O5S. The van der Waals surface area contributed by atoms with E-state index >= 15 is 0 Å². The standard InChI is InChI=1S/C28H33N3O5S/c1-4-6-11-25-27(20(3)5-2)31(28(34)30(25)19-26(32)33)23-14-16-29(17-15-23)37(35,36)24-13-12-21-9-7-8-10-22(21)18-24/h4,6-13,18,23H,5,14-17,19H2,1-3H3,(H,32,33). The summed E-state index contributed by atoms with van der Waals surface area (Å²) in [5, 5.41) is 12.6. The van der Waals surface area contributed by atoms with Crippen LogP contribution in [0.2, 0.25) is 0 Å². The van der Waals surface area contributed by atoms with Crippen molar-refractivity contribution in [1.82, 2.24) is 13.4 Å². The molecule has 0 radical (unpaired) electrons. The van der Waals surface area contributed by atoms with E-state index in [4.69, 9.17) is 0 Å². The van der Waals surface area contributed by atoms with Crippen LogP contribution in [0.15, 0.2) is 64.3 Å². The number of piperidine rings is 1. The van der Waals surface area contributed by atoms with Gasteiger partial charge in [0.05, 0.1) is 15.6 Å². The minimum absolute atomic E-state index is 0.236. The molecule has 3 aromatic rings. The van der Waals surface area contributed by atoms with E-state index in [1.807, 2.05) is 57.2 Å². The summed E-state index contributed by atoms with van der Waals surface area (Å²) in [6, 6.07) is 12.6. The molecule has 2 heterocycles. The number of rotatable bonds is 7. The summed E-state index contributed by atoms with van der Waals surface area (Å²) in [6.07, 6.45) is 7.00. The summed E-state index contributed by atoms with van der Waals surface area (Å²) < 4.78 is 31.3. The van der Waals surface area contributed by atoms with E-state index in [1.165, 1.54) is 8.87 Å². The van der Waals surface area contributed by atoms with Crippen molar-refractivity contribution in [3.8, 4) is 0 Å². The molecule has 0 bridgehead atoms. The fourth-order valence-corrected chi connectivity index (χ4v) is 6.48. The Morgan fingerprint density at radius 3 is 2.41 bits per heavy atom. The van der Waals surface area contributed by atoms with Gasteiger partial charge in [0.15, 0.2) is 0 Å². The number of carboxylic acid groups (broad SMARTS) is 1. The molecule has 0 saturated carbocycles. The first kappa shape index (κ1) is 26.6. The van der Waals surface area contributed by atoms with Crippen LogP contribution in [0.1, 0.15) is 46.1 Å². The third kappa shape index (κ3) is 5.19. The van der Waals surface area contributed by atoms with Gasteiger partial charge >= 0.3 is 11.7 Å². The van der Waals surface area contributed by atoms with E-state index in [1.54, 1.807) is 28.9 Å². The van der Waals surface area contributed by atoms with Crippen molar-refractivity contribution in [1.29, 1.82) is 0 Å². The van der Waals surface area contributed by atoms with Crippen molar-refractivity contribution < 1.29 is 18.3 Å². The van der Waals surface area contributed by atoms with Gasteiger partial charge in [0.2, 0.25) is 10.0 Å². The fourth-order valence-electron chi connectivity index (χ4n) is 4.97. The predicted molar refractivity (Wildman–Crippen MR) is 145 cm³/mol. The number of sulfonamides is 1. The van der Waals surface area contributed by atoms with Crippen LogP contribution >= 0.6 is 0 Å². The number of hydrogen-bond donors (Lipinski definition) is 1. The molecule has 0 spiro atoms. The van der Waals surface area contributed by atoms with Crippen LogP contribution in [0, 0.1) is 0 Å². The Morgan fingerprint density at radius 1 is 1.11 bits per heavy atom. The van der Waals surface area contributed by atoms with Gasteiger partial charge in [-0.3, -0.25) is 13.9 Å². The zero-order chi connectivity index (χ0) is 26.7. The molecule has 1 aromatic heterocycles. The van der Waals surface area contributed by atoms with Gasteiger partial charge in [0.25, 0.3) is 0 Å². The van der Waals surface area contributed by atoms with Crippen LogP contribution in [0.5, 0.6) is 0 Å². The molecule has 4 rings (SSSR count). The lowest BCUT2D eigenvalue weighted by molar-refractivity contribution is -0.137. The second-order valence-electron chi connectivity index (χ2n) is 9.34. The zero-order valence-corrected chi connectivity index (χ0v) is 22.2. The quantitative estimate of drug-likeness (QED) is 0.513. The molecule has 1 aliphatic heterocycles. The SMILES string of the molecule is CC=CC=c1c(=C(C)CC)n(C2CCN(S(=O)(=O)c3ccc4ccccc4c3)CC2)c(=O)n1CC(=O)O. The summed E-state index contributed by atoms with van der Waals surface area (Å²) in [7, 11) is -3.69. The highest BCUT2D eigenvalue weighted by molar-refractivity contribution is 7.89. The van der Waals surface area contributed by atoms with Crippen molar-refractivity contribution in [3.05, 3.63) is 75.8 Å². The number of aliphatic carboxylic acids is 1. The Balaban J connectivity index is 1.71. The number of hydrogen-bond acceptors (Lipinski definition) is 4. The lowest BCUT2D eigenvalue weighted by atomic mass is 10.1. The molecule has 2 aromatic carbocycles. The average molecular weight is 524 g/mol. The number of carbonyl (C=O) groups is 1. The highest BCUT2D eigenvalue weighted by atomic mass is 32.2. The van der Waals surface area contributed by atoms with Gasteiger partial charge in [-0.05, 0) is 67.7 Å². The number of nitrogens with zero attached hydrogens (tertiary/aromatic N) is 3. The first-order chi connectivity index (χ1) is 17.7. The molecule has 1 fully saturated rings. The number of carboxylic acids is 1. The summed E-state index contributed by atoms with van der Waals surface area (Å²) in [6.45, 7) is 5.91. The maximum atomic E-state index is 13.5. The minimum Gasteiger partial charge on any atom is -0.480 e. The molecule has 9 heteroatoms. The van der Waals surface area contributed by atoms with Gasteiger partial charge < -0.3 is 5.11 Å². The Hall–Kier alpha value is -3.43. The average Bonchev–Trinajstić information content (AvgIpc) is 3.17. The first-order valence-corrected chi connectivity index (χ1v) is 14.0. The smallest absolute Gasteiger partial charge is 0.329 e. The van der Waals surface area contributed by atoms with Crippen molar-refractivity contribution >= 4 is 38.4 Å². The molecule has 0 atom stereocenters. The van der Waals surface area contributed by atoms with E-state index in [9.17, 15) is 23.1 Å². The third-order valence-corrected chi connectivity index (χ3v) is 8.93. The summed E-state index contributed by atoms with van der Waals surface area (Å²) in [5.41, 5.74) is 0.597. The number of aromatic nitrogens is 2. The molecule has 0 aliphatic carbocycles. The largest absolute Gasteiger partial charge is 0.480 e. The van der Waals surface area contributed by atoms with Gasteiger partial charge in [0.1, 0.15) is 6.54 Å². The van der Waals surface area contributed by atoms with Crippen LogP contribution in [-0.2, 0) is 21.4 Å². The van der Waals surface area contributed by atoms with Crippen LogP contribution in [0.4, 0.5) is 0 Å². The van der Waals surface area contributed by atoms with Crippen LogP contribution in [0.3, 0.4) is 0 Å². The molecule has 8 nitrogen and oxygen atoms in total. The Kier molecular flexibility index (Phi) is 7.85. The molecule has 1 N–H and O–H groups in total. The molecule has 1 saturated heterocycles. The van der Waals surface area contributed by atoms with Gasteiger partial charge in [0, 0.05) is 19.1 Å². The third-order valence-electron chi connectivity index (χ3n) is 7.03. The maximum absolute atomic E-state index is 13.5. The Bertz CT molecular complexity index is 1640. The first-order valence-electron chi connectivity index (χ1n) is 12.5. The van der Waals surface area contributed by atoms with Crippen molar-refractivity contribution in [2.24, 2.45) is 0 Å². The Morgan fingerprint density at radius 2 is 1.78 bits per heavy atom. The van der Waals surface area contributed by atoms with E-state index in [2.05, 4.69) is 0 Å². The fraction of sp³-hybridized carbons (Fsp3) is 0.357. The highest BCUT2D eigenvalue weighted by Crippen LogP contribution is 2.27. The molecule has 37 heavy (non-hydrogen) atoms. The number of benzene rings is 2.